The Bertz CT molecular complexity index is 414. The predicted molar refractivity (Wildman–Crippen MR) is 71.1 cm³/mol. The highest BCUT2D eigenvalue weighted by atomic mass is 35.5. The summed E-state index contributed by atoms with van der Waals surface area (Å²) in [5, 5.41) is 3.38. The second-order valence-electron chi connectivity index (χ2n) is 4.56. The number of benzene rings is 1. The smallest absolute Gasteiger partial charge is 0.227 e. The van der Waals surface area contributed by atoms with Crippen LogP contribution in [0.4, 0.5) is 11.4 Å². The fourth-order valence-corrected chi connectivity index (χ4v) is 2.47. The fraction of sp³-hybridized carbons (Fsp3) is 0.462. The van der Waals surface area contributed by atoms with Gasteiger partial charge in [-0.05, 0) is 31.0 Å². The first-order valence-corrected chi connectivity index (χ1v) is 6.40. The van der Waals surface area contributed by atoms with Crippen molar-refractivity contribution in [3.63, 3.8) is 0 Å². The summed E-state index contributed by atoms with van der Waals surface area (Å²) in [6, 6.07) is 5.14. The second kappa shape index (κ2) is 5.41. The van der Waals surface area contributed by atoms with Gasteiger partial charge in [0.15, 0.2) is 0 Å². The summed E-state index contributed by atoms with van der Waals surface area (Å²) in [7, 11) is 0. The third-order valence-electron chi connectivity index (χ3n) is 3.23. The van der Waals surface area contributed by atoms with Crippen LogP contribution in [0.1, 0.15) is 32.1 Å². The van der Waals surface area contributed by atoms with E-state index in [1.165, 1.54) is 6.42 Å². The van der Waals surface area contributed by atoms with Gasteiger partial charge in [0.05, 0.1) is 10.7 Å². The van der Waals surface area contributed by atoms with Crippen LogP contribution < -0.4 is 11.1 Å². The number of nitrogen functional groups attached to an aromatic ring is 1. The number of hydrogen-bond donors (Lipinski definition) is 2. The van der Waals surface area contributed by atoms with E-state index in [0.717, 1.165) is 25.7 Å². The van der Waals surface area contributed by atoms with E-state index in [0.29, 0.717) is 16.4 Å². The Morgan fingerprint density at radius 1 is 1.29 bits per heavy atom. The van der Waals surface area contributed by atoms with Crippen LogP contribution in [0.15, 0.2) is 18.2 Å². The SMILES string of the molecule is Nc1ccc(NC(=O)C2CCCCC2)c(Cl)c1. The molecule has 1 fully saturated rings. The van der Waals surface area contributed by atoms with Gasteiger partial charge in [0.1, 0.15) is 0 Å². The standard InChI is InChI=1S/C13H17ClN2O/c14-11-8-10(15)6-7-12(11)16-13(17)9-4-2-1-3-5-9/h6-9H,1-5,15H2,(H,16,17). The monoisotopic (exact) mass is 252 g/mol. The molecule has 1 aromatic rings. The molecule has 3 nitrogen and oxygen atoms in total. The van der Waals surface area contributed by atoms with E-state index in [1.807, 2.05) is 0 Å². The third kappa shape index (κ3) is 3.13. The zero-order chi connectivity index (χ0) is 12.3. The average molecular weight is 253 g/mol. The van der Waals surface area contributed by atoms with Crippen LogP contribution in [-0.2, 0) is 4.79 Å². The van der Waals surface area contributed by atoms with Crippen LogP contribution in [-0.4, -0.2) is 5.91 Å². The van der Waals surface area contributed by atoms with Crippen LogP contribution in [0.3, 0.4) is 0 Å². The van der Waals surface area contributed by atoms with Gasteiger partial charge >= 0.3 is 0 Å². The first-order chi connectivity index (χ1) is 8.16. The molecular weight excluding hydrogens is 236 g/mol. The molecule has 0 radical (unpaired) electrons. The van der Waals surface area contributed by atoms with E-state index in [2.05, 4.69) is 5.32 Å². The fourth-order valence-electron chi connectivity index (χ4n) is 2.23. The van der Waals surface area contributed by atoms with E-state index in [4.69, 9.17) is 17.3 Å². The molecule has 0 spiro atoms. The van der Waals surface area contributed by atoms with Crippen LogP contribution in [0.2, 0.25) is 5.02 Å². The number of halogens is 1. The highest BCUT2D eigenvalue weighted by Crippen LogP contribution is 2.28. The number of anilines is 2. The summed E-state index contributed by atoms with van der Waals surface area (Å²) in [4.78, 5) is 12.0. The van der Waals surface area contributed by atoms with Crippen LogP contribution in [0, 0.1) is 5.92 Å². The summed E-state index contributed by atoms with van der Waals surface area (Å²) in [5.74, 6) is 0.216. The molecule has 0 heterocycles. The van der Waals surface area contributed by atoms with E-state index < -0.39 is 0 Å². The number of hydrogen-bond acceptors (Lipinski definition) is 2. The Labute approximate surface area is 106 Å². The largest absolute Gasteiger partial charge is 0.399 e. The van der Waals surface area contributed by atoms with Crippen molar-refractivity contribution < 1.29 is 4.79 Å². The van der Waals surface area contributed by atoms with Gasteiger partial charge in [0, 0.05) is 11.6 Å². The molecule has 1 saturated carbocycles. The molecule has 0 bridgehead atoms. The molecular formula is C13H17ClN2O. The van der Waals surface area contributed by atoms with Gasteiger partial charge in [0.25, 0.3) is 0 Å². The lowest BCUT2D eigenvalue weighted by atomic mass is 9.88. The van der Waals surface area contributed by atoms with Gasteiger partial charge in [0.2, 0.25) is 5.91 Å². The van der Waals surface area contributed by atoms with Crippen molar-refractivity contribution in [3.8, 4) is 0 Å². The lowest BCUT2D eigenvalue weighted by Gasteiger charge is -2.21. The van der Waals surface area contributed by atoms with E-state index >= 15 is 0 Å². The van der Waals surface area contributed by atoms with Gasteiger partial charge in [-0.1, -0.05) is 30.9 Å². The van der Waals surface area contributed by atoms with Crippen molar-refractivity contribution >= 4 is 28.9 Å². The molecule has 1 aliphatic rings. The number of carbonyl (C=O) groups is 1. The number of nitrogens with one attached hydrogen (secondary N) is 1. The zero-order valence-electron chi connectivity index (χ0n) is 9.71. The minimum Gasteiger partial charge on any atom is -0.399 e. The summed E-state index contributed by atoms with van der Waals surface area (Å²) in [6.45, 7) is 0. The second-order valence-corrected chi connectivity index (χ2v) is 4.97. The summed E-state index contributed by atoms with van der Waals surface area (Å²) >= 11 is 6.02. The van der Waals surface area contributed by atoms with E-state index in [9.17, 15) is 4.79 Å². The summed E-state index contributed by atoms with van der Waals surface area (Å²) < 4.78 is 0. The van der Waals surface area contributed by atoms with Gasteiger partial charge in [-0.2, -0.15) is 0 Å². The highest BCUT2D eigenvalue weighted by Gasteiger charge is 2.21. The third-order valence-corrected chi connectivity index (χ3v) is 3.54. The number of nitrogens with two attached hydrogens (primary N) is 1. The van der Waals surface area contributed by atoms with Gasteiger partial charge in [-0.25, -0.2) is 0 Å². The molecule has 1 aromatic carbocycles. The van der Waals surface area contributed by atoms with Gasteiger partial charge in [-0.3, -0.25) is 4.79 Å². The molecule has 4 heteroatoms. The Hall–Kier alpha value is -1.22. The first-order valence-electron chi connectivity index (χ1n) is 6.02. The molecule has 0 saturated heterocycles. The topological polar surface area (TPSA) is 55.1 Å². The molecule has 92 valence electrons. The Balaban J connectivity index is 2.02. The Morgan fingerprint density at radius 3 is 2.65 bits per heavy atom. The van der Waals surface area contributed by atoms with Crippen LogP contribution in [0.25, 0.3) is 0 Å². The quantitative estimate of drug-likeness (QED) is 0.793. The van der Waals surface area contributed by atoms with Gasteiger partial charge < -0.3 is 11.1 Å². The summed E-state index contributed by atoms with van der Waals surface area (Å²) in [6.07, 6.45) is 5.50. The number of amides is 1. The van der Waals surface area contributed by atoms with Crippen molar-refractivity contribution in [2.75, 3.05) is 11.1 Å². The maximum atomic E-state index is 12.0. The molecule has 0 atom stereocenters. The molecule has 3 N–H and O–H groups in total. The van der Waals surface area contributed by atoms with Crippen molar-refractivity contribution in [3.05, 3.63) is 23.2 Å². The molecule has 2 rings (SSSR count). The average Bonchev–Trinajstić information content (AvgIpc) is 2.34. The summed E-state index contributed by atoms with van der Waals surface area (Å²) in [5.41, 5.74) is 6.86. The molecule has 0 unspecified atom stereocenters. The predicted octanol–water partition coefficient (Wildman–Crippen LogP) is 3.44. The number of carbonyl (C=O) groups excluding carboxylic acids is 1. The molecule has 0 aromatic heterocycles. The lowest BCUT2D eigenvalue weighted by Crippen LogP contribution is -2.24. The Morgan fingerprint density at radius 2 is 2.00 bits per heavy atom. The molecule has 1 aliphatic carbocycles. The maximum absolute atomic E-state index is 12.0. The highest BCUT2D eigenvalue weighted by molar-refractivity contribution is 6.34. The minimum atomic E-state index is 0.0800. The zero-order valence-corrected chi connectivity index (χ0v) is 10.5. The van der Waals surface area contributed by atoms with Crippen LogP contribution in [0.5, 0.6) is 0 Å². The normalized spacial score (nSPS) is 16.8. The Kier molecular flexibility index (Phi) is 3.89. The van der Waals surface area contributed by atoms with E-state index in [-0.39, 0.29) is 11.8 Å². The van der Waals surface area contributed by atoms with Crippen molar-refractivity contribution in [2.24, 2.45) is 5.92 Å². The molecule has 0 aliphatic heterocycles. The maximum Gasteiger partial charge on any atom is 0.227 e. The number of rotatable bonds is 2. The van der Waals surface area contributed by atoms with Gasteiger partial charge in [-0.15, -0.1) is 0 Å². The van der Waals surface area contributed by atoms with Crippen molar-refractivity contribution in [2.45, 2.75) is 32.1 Å². The molecule has 17 heavy (non-hydrogen) atoms. The van der Waals surface area contributed by atoms with Crippen molar-refractivity contribution in [1.29, 1.82) is 0 Å². The van der Waals surface area contributed by atoms with Crippen molar-refractivity contribution in [1.82, 2.24) is 0 Å². The minimum absolute atomic E-state index is 0.0800. The van der Waals surface area contributed by atoms with Crippen LogP contribution >= 0.6 is 11.6 Å². The first kappa shape index (κ1) is 12.2. The van der Waals surface area contributed by atoms with E-state index in [1.54, 1.807) is 18.2 Å². The lowest BCUT2D eigenvalue weighted by molar-refractivity contribution is -0.120. The molecule has 1 amide bonds.